The van der Waals surface area contributed by atoms with E-state index in [9.17, 15) is 4.79 Å². The molecule has 1 aliphatic heterocycles. The van der Waals surface area contributed by atoms with Gasteiger partial charge < -0.3 is 14.4 Å². The first-order chi connectivity index (χ1) is 7.92. The molecule has 1 atom stereocenters. The largest absolute Gasteiger partial charge is 0.444 e. The topological polar surface area (TPSA) is 38.8 Å². The summed E-state index contributed by atoms with van der Waals surface area (Å²) in [6, 6.07) is 0. The zero-order valence-corrected chi connectivity index (χ0v) is 11.1. The van der Waals surface area contributed by atoms with Crippen molar-refractivity contribution in [2.24, 2.45) is 5.92 Å². The minimum atomic E-state index is -0.422. The molecule has 0 bridgehead atoms. The molecule has 0 aliphatic carbocycles. The molecular weight excluding hydrogens is 218 g/mol. The van der Waals surface area contributed by atoms with Crippen LogP contribution in [0.3, 0.4) is 0 Å². The highest BCUT2D eigenvalue weighted by Gasteiger charge is 2.29. The Morgan fingerprint density at radius 1 is 1.53 bits per heavy atom. The second kappa shape index (κ2) is 6.05. The standard InChI is InChI=1S/C13H23NO3/c1-5-8-16-10-11-6-7-14(9-11)12(15)17-13(2,3)4/h5,11H,1,6-10H2,2-4H3/t11-/m1/s1. The molecule has 1 saturated heterocycles. The van der Waals surface area contributed by atoms with Gasteiger partial charge >= 0.3 is 6.09 Å². The van der Waals surface area contributed by atoms with Crippen molar-refractivity contribution in [3.63, 3.8) is 0 Å². The highest BCUT2D eigenvalue weighted by Crippen LogP contribution is 2.19. The average molecular weight is 241 g/mol. The minimum absolute atomic E-state index is 0.219. The lowest BCUT2D eigenvalue weighted by Gasteiger charge is -2.24. The Bertz CT molecular complexity index is 270. The number of hydrogen-bond donors (Lipinski definition) is 0. The number of hydrogen-bond acceptors (Lipinski definition) is 3. The SMILES string of the molecule is C=CCOC[C@@H]1CCN(C(=O)OC(C)(C)C)C1. The van der Waals surface area contributed by atoms with E-state index < -0.39 is 5.60 Å². The Morgan fingerprint density at radius 2 is 2.24 bits per heavy atom. The van der Waals surface area contributed by atoms with Crippen molar-refractivity contribution in [1.29, 1.82) is 0 Å². The van der Waals surface area contributed by atoms with Crippen LogP contribution in [0.2, 0.25) is 0 Å². The van der Waals surface area contributed by atoms with Crippen LogP contribution in [0.4, 0.5) is 4.79 Å². The molecule has 0 aromatic heterocycles. The average Bonchev–Trinajstić information content (AvgIpc) is 2.64. The molecule has 4 nitrogen and oxygen atoms in total. The van der Waals surface area contributed by atoms with Crippen molar-refractivity contribution in [2.45, 2.75) is 32.8 Å². The first kappa shape index (κ1) is 14.0. The predicted molar refractivity (Wildman–Crippen MR) is 66.9 cm³/mol. The van der Waals surface area contributed by atoms with Crippen molar-refractivity contribution in [3.05, 3.63) is 12.7 Å². The molecule has 0 aromatic carbocycles. The summed E-state index contributed by atoms with van der Waals surface area (Å²) in [4.78, 5) is 13.5. The molecule has 1 heterocycles. The van der Waals surface area contributed by atoms with Gasteiger partial charge in [-0.05, 0) is 27.2 Å². The van der Waals surface area contributed by atoms with Crippen LogP contribution in [-0.4, -0.2) is 42.9 Å². The molecule has 0 saturated carbocycles. The first-order valence-corrected chi connectivity index (χ1v) is 6.09. The third-order valence-electron chi connectivity index (χ3n) is 2.53. The number of amides is 1. The third kappa shape index (κ3) is 5.22. The maximum atomic E-state index is 11.8. The molecule has 1 fully saturated rings. The van der Waals surface area contributed by atoms with Crippen LogP contribution in [0.25, 0.3) is 0 Å². The Morgan fingerprint density at radius 3 is 2.82 bits per heavy atom. The summed E-state index contributed by atoms with van der Waals surface area (Å²) in [7, 11) is 0. The fourth-order valence-corrected chi connectivity index (χ4v) is 1.78. The van der Waals surface area contributed by atoms with E-state index in [4.69, 9.17) is 9.47 Å². The van der Waals surface area contributed by atoms with Crippen molar-refractivity contribution < 1.29 is 14.3 Å². The summed E-state index contributed by atoms with van der Waals surface area (Å²) in [5.74, 6) is 0.419. The number of carbonyl (C=O) groups excluding carboxylic acids is 1. The normalized spacial score (nSPS) is 20.4. The molecule has 98 valence electrons. The molecule has 17 heavy (non-hydrogen) atoms. The van der Waals surface area contributed by atoms with Gasteiger partial charge in [-0.15, -0.1) is 6.58 Å². The number of ether oxygens (including phenoxy) is 2. The predicted octanol–water partition coefficient (Wildman–Crippen LogP) is 2.45. The van der Waals surface area contributed by atoms with Gasteiger partial charge in [0.2, 0.25) is 0 Å². The highest BCUT2D eigenvalue weighted by molar-refractivity contribution is 5.68. The van der Waals surface area contributed by atoms with Gasteiger partial charge in [-0.3, -0.25) is 0 Å². The molecule has 0 N–H and O–H groups in total. The zero-order chi connectivity index (χ0) is 12.9. The summed E-state index contributed by atoms with van der Waals surface area (Å²) in [5, 5.41) is 0. The molecule has 0 unspecified atom stereocenters. The summed E-state index contributed by atoms with van der Waals surface area (Å²) in [6.07, 6.45) is 2.50. The van der Waals surface area contributed by atoms with Crippen molar-refractivity contribution >= 4 is 6.09 Å². The minimum Gasteiger partial charge on any atom is -0.444 e. The van der Waals surface area contributed by atoms with Gasteiger partial charge in [0.05, 0.1) is 13.2 Å². The molecule has 1 rings (SSSR count). The maximum Gasteiger partial charge on any atom is 0.410 e. The van der Waals surface area contributed by atoms with Crippen LogP contribution < -0.4 is 0 Å². The smallest absolute Gasteiger partial charge is 0.410 e. The molecule has 0 radical (unpaired) electrons. The van der Waals surface area contributed by atoms with Gasteiger partial charge in [0.25, 0.3) is 0 Å². The summed E-state index contributed by atoms with van der Waals surface area (Å²) >= 11 is 0. The van der Waals surface area contributed by atoms with Crippen molar-refractivity contribution in [2.75, 3.05) is 26.3 Å². The van der Waals surface area contributed by atoms with E-state index in [0.717, 1.165) is 19.5 Å². The second-order valence-corrected chi connectivity index (χ2v) is 5.41. The van der Waals surface area contributed by atoms with Gasteiger partial charge in [0, 0.05) is 19.0 Å². The van der Waals surface area contributed by atoms with Gasteiger partial charge in [-0.1, -0.05) is 6.08 Å². The van der Waals surface area contributed by atoms with E-state index in [1.54, 1.807) is 11.0 Å². The van der Waals surface area contributed by atoms with Crippen LogP contribution in [-0.2, 0) is 9.47 Å². The number of nitrogens with zero attached hydrogens (tertiary/aromatic N) is 1. The fraction of sp³-hybridized carbons (Fsp3) is 0.769. The highest BCUT2D eigenvalue weighted by atomic mass is 16.6. The molecule has 1 aliphatic rings. The van der Waals surface area contributed by atoms with E-state index in [1.807, 2.05) is 20.8 Å². The van der Waals surface area contributed by atoms with Gasteiger partial charge in [0.15, 0.2) is 0 Å². The van der Waals surface area contributed by atoms with Crippen molar-refractivity contribution in [3.8, 4) is 0 Å². The van der Waals surface area contributed by atoms with E-state index in [1.165, 1.54) is 0 Å². The summed E-state index contributed by atoms with van der Waals surface area (Å²) < 4.78 is 10.7. The van der Waals surface area contributed by atoms with E-state index >= 15 is 0 Å². The Labute approximate surface area is 104 Å². The van der Waals surface area contributed by atoms with Crippen LogP contribution in [0.15, 0.2) is 12.7 Å². The maximum absolute atomic E-state index is 11.8. The Hall–Kier alpha value is -1.03. The van der Waals surface area contributed by atoms with Gasteiger partial charge in [-0.2, -0.15) is 0 Å². The molecule has 0 aromatic rings. The monoisotopic (exact) mass is 241 g/mol. The van der Waals surface area contributed by atoms with Gasteiger partial charge in [0.1, 0.15) is 5.60 Å². The molecular formula is C13H23NO3. The third-order valence-corrected chi connectivity index (χ3v) is 2.53. The van der Waals surface area contributed by atoms with Gasteiger partial charge in [-0.25, -0.2) is 4.79 Å². The zero-order valence-electron chi connectivity index (χ0n) is 11.1. The first-order valence-electron chi connectivity index (χ1n) is 6.09. The van der Waals surface area contributed by atoms with E-state index in [-0.39, 0.29) is 6.09 Å². The lowest BCUT2D eigenvalue weighted by molar-refractivity contribution is 0.0278. The van der Waals surface area contributed by atoms with Crippen LogP contribution in [0.5, 0.6) is 0 Å². The lowest BCUT2D eigenvalue weighted by Crippen LogP contribution is -2.35. The van der Waals surface area contributed by atoms with E-state index in [0.29, 0.717) is 19.1 Å². The summed E-state index contributed by atoms with van der Waals surface area (Å²) in [6.45, 7) is 12.0. The second-order valence-electron chi connectivity index (χ2n) is 5.41. The number of likely N-dealkylation sites (tertiary alicyclic amines) is 1. The van der Waals surface area contributed by atoms with Crippen LogP contribution in [0, 0.1) is 5.92 Å². The molecule has 0 spiro atoms. The fourth-order valence-electron chi connectivity index (χ4n) is 1.78. The van der Waals surface area contributed by atoms with E-state index in [2.05, 4.69) is 6.58 Å². The number of carbonyl (C=O) groups is 1. The van der Waals surface area contributed by atoms with Crippen LogP contribution >= 0.6 is 0 Å². The lowest BCUT2D eigenvalue weighted by atomic mass is 10.1. The molecule has 1 amide bonds. The van der Waals surface area contributed by atoms with Crippen LogP contribution in [0.1, 0.15) is 27.2 Å². The molecule has 4 heteroatoms. The Kier molecular flexibility index (Phi) is 5.00. The summed E-state index contributed by atoms with van der Waals surface area (Å²) in [5.41, 5.74) is -0.422. The Balaban J connectivity index is 2.29. The van der Waals surface area contributed by atoms with Crippen molar-refractivity contribution in [1.82, 2.24) is 4.90 Å². The quantitative estimate of drug-likeness (QED) is 0.560. The number of rotatable bonds is 4.